The molecule has 0 bridgehead atoms. The Labute approximate surface area is 162 Å². The van der Waals surface area contributed by atoms with E-state index in [0.717, 1.165) is 0 Å². The van der Waals surface area contributed by atoms with Crippen molar-refractivity contribution in [2.75, 3.05) is 27.4 Å². The summed E-state index contributed by atoms with van der Waals surface area (Å²) in [5.41, 5.74) is 2.19. The van der Waals surface area contributed by atoms with Crippen LogP contribution >= 0.6 is 0 Å². The van der Waals surface area contributed by atoms with E-state index in [1.807, 2.05) is 0 Å². The lowest BCUT2D eigenvalue weighted by molar-refractivity contribution is -0.120. The summed E-state index contributed by atoms with van der Waals surface area (Å²) in [4.78, 5) is 48.0. The molecule has 0 saturated carbocycles. The van der Waals surface area contributed by atoms with Gasteiger partial charge in [0.1, 0.15) is 6.54 Å². The Morgan fingerprint density at radius 3 is 1.82 bits per heavy atom. The van der Waals surface area contributed by atoms with Gasteiger partial charge in [0.2, 0.25) is 23.6 Å². The fourth-order valence-electron chi connectivity index (χ4n) is 2.53. The maximum atomic E-state index is 12.4. The summed E-state index contributed by atoms with van der Waals surface area (Å²) in [5.74, 6) is -1.10. The van der Waals surface area contributed by atoms with E-state index < -0.39 is 0 Å². The van der Waals surface area contributed by atoms with E-state index in [0.29, 0.717) is 22.7 Å². The zero-order chi connectivity index (χ0) is 20.7. The number of amides is 4. The average Bonchev–Trinajstić information content (AvgIpc) is 2.59. The molecule has 0 aliphatic carbocycles. The molecular formula is C20H22N4O4. The highest BCUT2D eigenvalue weighted by Crippen LogP contribution is 2.19. The summed E-state index contributed by atoms with van der Waals surface area (Å²) in [6, 6.07) is 13.3. The molecule has 3 N–H and O–H groups in total. The van der Waals surface area contributed by atoms with Crippen LogP contribution in [0.25, 0.3) is 0 Å². The van der Waals surface area contributed by atoms with Crippen LogP contribution in [0.2, 0.25) is 0 Å². The SMILES string of the molecule is CC(=O)Nc1ccc(N(CC(=O)Nc2cccc(NC(C)=O)c2)C(C)=O)cc1. The van der Waals surface area contributed by atoms with Crippen molar-refractivity contribution in [1.82, 2.24) is 0 Å². The summed E-state index contributed by atoms with van der Waals surface area (Å²) in [5, 5.41) is 7.99. The second-order valence-corrected chi connectivity index (χ2v) is 6.14. The highest BCUT2D eigenvalue weighted by molar-refractivity contribution is 6.02. The number of rotatable bonds is 6. The van der Waals surface area contributed by atoms with Crippen LogP contribution in [0.15, 0.2) is 48.5 Å². The Bertz CT molecular complexity index is 893. The Kier molecular flexibility index (Phi) is 6.86. The number of carbonyl (C=O) groups is 4. The molecular weight excluding hydrogens is 360 g/mol. The van der Waals surface area contributed by atoms with Crippen LogP contribution < -0.4 is 20.9 Å². The van der Waals surface area contributed by atoms with Gasteiger partial charge in [0.15, 0.2) is 0 Å². The van der Waals surface area contributed by atoms with E-state index in [1.54, 1.807) is 48.5 Å². The second-order valence-electron chi connectivity index (χ2n) is 6.14. The second kappa shape index (κ2) is 9.31. The zero-order valence-corrected chi connectivity index (χ0v) is 15.9. The number of benzene rings is 2. The van der Waals surface area contributed by atoms with Gasteiger partial charge in [-0.25, -0.2) is 0 Å². The monoisotopic (exact) mass is 382 g/mol. The molecule has 2 aromatic rings. The van der Waals surface area contributed by atoms with E-state index in [1.165, 1.54) is 25.7 Å². The van der Waals surface area contributed by atoms with Crippen LogP contribution in [0.3, 0.4) is 0 Å². The van der Waals surface area contributed by atoms with E-state index in [9.17, 15) is 19.2 Å². The number of nitrogens with zero attached hydrogens (tertiary/aromatic N) is 1. The fourth-order valence-corrected chi connectivity index (χ4v) is 2.53. The van der Waals surface area contributed by atoms with Gasteiger partial charge in [-0.05, 0) is 42.5 Å². The van der Waals surface area contributed by atoms with Gasteiger partial charge in [-0.3, -0.25) is 19.2 Å². The van der Waals surface area contributed by atoms with E-state index in [2.05, 4.69) is 16.0 Å². The van der Waals surface area contributed by atoms with Crippen molar-refractivity contribution in [3.63, 3.8) is 0 Å². The first kappa shape index (κ1) is 20.6. The molecule has 2 aromatic carbocycles. The summed E-state index contributed by atoms with van der Waals surface area (Å²) in [7, 11) is 0. The predicted molar refractivity (Wildman–Crippen MR) is 108 cm³/mol. The molecule has 8 heteroatoms. The van der Waals surface area contributed by atoms with Crippen LogP contribution in [0.1, 0.15) is 20.8 Å². The lowest BCUT2D eigenvalue weighted by Gasteiger charge is -2.21. The first-order valence-electron chi connectivity index (χ1n) is 8.58. The summed E-state index contributed by atoms with van der Waals surface area (Å²) < 4.78 is 0. The zero-order valence-electron chi connectivity index (χ0n) is 15.9. The first-order chi connectivity index (χ1) is 13.2. The highest BCUT2D eigenvalue weighted by atomic mass is 16.2. The van der Waals surface area contributed by atoms with Gasteiger partial charge in [0, 0.05) is 43.5 Å². The molecule has 146 valence electrons. The Morgan fingerprint density at radius 2 is 1.29 bits per heavy atom. The van der Waals surface area contributed by atoms with Gasteiger partial charge in [-0.1, -0.05) is 6.07 Å². The van der Waals surface area contributed by atoms with Gasteiger partial charge in [0.05, 0.1) is 0 Å². The van der Waals surface area contributed by atoms with Crippen LogP contribution in [0.4, 0.5) is 22.7 Å². The molecule has 0 spiro atoms. The molecule has 0 radical (unpaired) electrons. The van der Waals surface area contributed by atoms with Gasteiger partial charge < -0.3 is 20.9 Å². The standard InChI is InChI=1S/C20H22N4O4/c1-13(25)21-16-7-9-19(10-8-16)24(15(3)27)12-20(28)23-18-6-4-5-17(11-18)22-14(2)26/h4-11H,12H2,1-3H3,(H,21,25)(H,22,26)(H,23,28). The Morgan fingerprint density at radius 1 is 0.750 bits per heavy atom. The minimum Gasteiger partial charge on any atom is -0.326 e. The summed E-state index contributed by atoms with van der Waals surface area (Å²) >= 11 is 0. The lowest BCUT2D eigenvalue weighted by Crippen LogP contribution is -2.36. The van der Waals surface area contributed by atoms with Crippen LogP contribution in [-0.4, -0.2) is 30.2 Å². The van der Waals surface area contributed by atoms with Gasteiger partial charge in [-0.15, -0.1) is 0 Å². The number of hydrogen-bond donors (Lipinski definition) is 3. The molecule has 0 saturated heterocycles. The maximum absolute atomic E-state index is 12.4. The predicted octanol–water partition coefficient (Wildman–Crippen LogP) is 2.60. The average molecular weight is 382 g/mol. The molecule has 0 fully saturated rings. The topological polar surface area (TPSA) is 108 Å². The molecule has 0 aliphatic rings. The maximum Gasteiger partial charge on any atom is 0.244 e. The fraction of sp³-hybridized carbons (Fsp3) is 0.200. The van der Waals surface area contributed by atoms with Crippen LogP contribution in [0, 0.1) is 0 Å². The molecule has 2 rings (SSSR count). The number of hydrogen-bond acceptors (Lipinski definition) is 4. The molecule has 4 amide bonds. The normalized spacial score (nSPS) is 9.96. The third kappa shape index (κ3) is 6.24. The van der Waals surface area contributed by atoms with Crippen molar-refractivity contribution >= 4 is 46.4 Å². The van der Waals surface area contributed by atoms with Crippen LogP contribution in [-0.2, 0) is 19.2 Å². The van der Waals surface area contributed by atoms with Gasteiger partial charge in [0.25, 0.3) is 0 Å². The number of carbonyl (C=O) groups excluding carboxylic acids is 4. The first-order valence-corrected chi connectivity index (χ1v) is 8.58. The lowest BCUT2D eigenvalue weighted by atomic mass is 10.2. The highest BCUT2D eigenvalue weighted by Gasteiger charge is 2.16. The van der Waals surface area contributed by atoms with Gasteiger partial charge in [-0.2, -0.15) is 0 Å². The summed E-state index contributed by atoms with van der Waals surface area (Å²) in [6.07, 6.45) is 0. The largest absolute Gasteiger partial charge is 0.326 e. The van der Waals surface area contributed by atoms with E-state index >= 15 is 0 Å². The quantitative estimate of drug-likeness (QED) is 0.714. The number of nitrogens with one attached hydrogen (secondary N) is 3. The van der Waals surface area contributed by atoms with E-state index in [4.69, 9.17) is 0 Å². The van der Waals surface area contributed by atoms with Crippen molar-refractivity contribution in [2.24, 2.45) is 0 Å². The van der Waals surface area contributed by atoms with Crippen molar-refractivity contribution in [3.05, 3.63) is 48.5 Å². The van der Waals surface area contributed by atoms with Crippen LogP contribution in [0.5, 0.6) is 0 Å². The molecule has 0 aromatic heterocycles. The smallest absolute Gasteiger partial charge is 0.244 e. The molecule has 0 heterocycles. The number of anilines is 4. The molecule has 0 unspecified atom stereocenters. The summed E-state index contributed by atoms with van der Waals surface area (Å²) in [6.45, 7) is 3.99. The minimum atomic E-state index is -0.388. The Balaban J connectivity index is 2.07. The van der Waals surface area contributed by atoms with Crippen molar-refractivity contribution < 1.29 is 19.2 Å². The third-order valence-electron chi connectivity index (χ3n) is 3.65. The van der Waals surface area contributed by atoms with Gasteiger partial charge >= 0.3 is 0 Å². The van der Waals surface area contributed by atoms with Crippen molar-refractivity contribution in [1.29, 1.82) is 0 Å². The molecule has 0 atom stereocenters. The molecule has 8 nitrogen and oxygen atoms in total. The third-order valence-corrected chi connectivity index (χ3v) is 3.65. The van der Waals surface area contributed by atoms with Crippen molar-refractivity contribution in [3.8, 4) is 0 Å². The molecule has 0 aliphatic heterocycles. The minimum absolute atomic E-state index is 0.181. The van der Waals surface area contributed by atoms with E-state index in [-0.39, 0.29) is 30.2 Å². The van der Waals surface area contributed by atoms with Crippen molar-refractivity contribution in [2.45, 2.75) is 20.8 Å². The Hall–Kier alpha value is -3.68. The molecule has 28 heavy (non-hydrogen) atoms.